The summed E-state index contributed by atoms with van der Waals surface area (Å²) >= 11 is 1.76. The molecule has 0 aromatic heterocycles. The van der Waals surface area contributed by atoms with Gasteiger partial charge in [-0.15, -0.1) is 18.2 Å². The lowest BCUT2D eigenvalue weighted by Gasteiger charge is -2.27. The second-order valence-electron chi connectivity index (χ2n) is 6.95. The monoisotopic (exact) mass is 379 g/mol. The van der Waals surface area contributed by atoms with Crippen LogP contribution in [0.15, 0.2) is 65.6 Å². The lowest BCUT2D eigenvalue weighted by atomic mass is 10.2. The van der Waals surface area contributed by atoms with Crippen molar-refractivity contribution in [1.29, 1.82) is 0 Å². The average Bonchev–Trinajstić information content (AvgIpc) is 2.65. The molecule has 1 amide bonds. The maximum Gasteiger partial charge on any atom is 0.248 e. The van der Waals surface area contributed by atoms with Gasteiger partial charge in [-0.2, -0.15) is 0 Å². The van der Waals surface area contributed by atoms with E-state index in [0.717, 1.165) is 45.9 Å². The molecule has 2 rings (SSSR count). The molecule has 0 radical (unpaired) electrons. The van der Waals surface area contributed by atoms with Gasteiger partial charge < -0.3 is 9.80 Å². The van der Waals surface area contributed by atoms with Crippen LogP contribution in [-0.2, 0) is 4.79 Å². The third-order valence-electron chi connectivity index (χ3n) is 4.06. The maximum atomic E-state index is 12.2. The molecule has 140 valence electrons. The maximum absolute atomic E-state index is 12.2. The van der Waals surface area contributed by atoms with Crippen molar-refractivity contribution in [2.24, 2.45) is 0 Å². The zero-order chi connectivity index (χ0) is 19.5. The van der Waals surface area contributed by atoms with E-state index in [9.17, 15) is 4.79 Å². The first-order chi connectivity index (χ1) is 13.0. The number of carbonyl (C=O) groups excluding carboxylic acids is 1. The Balaban J connectivity index is 1.88. The predicted octanol–water partition coefficient (Wildman–Crippen LogP) is 4.53. The summed E-state index contributed by atoms with van der Waals surface area (Å²) in [5, 5.41) is 2.98. The van der Waals surface area contributed by atoms with Gasteiger partial charge in [0, 0.05) is 23.1 Å². The Kier molecular flexibility index (Phi) is 8.19. The second kappa shape index (κ2) is 10.6. The summed E-state index contributed by atoms with van der Waals surface area (Å²) in [7, 11) is 4.30. The van der Waals surface area contributed by atoms with Gasteiger partial charge in [0.1, 0.15) is 6.54 Å². The predicted molar refractivity (Wildman–Crippen MR) is 117 cm³/mol. The van der Waals surface area contributed by atoms with Crippen molar-refractivity contribution < 1.29 is 9.28 Å². The van der Waals surface area contributed by atoms with E-state index >= 15 is 0 Å². The summed E-state index contributed by atoms with van der Waals surface area (Å²) in [5.74, 6) is 3.59. The van der Waals surface area contributed by atoms with Crippen LogP contribution in [0.1, 0.15) is 12.0 Å². The molecule has 27 heavy (non-hydrogen) atoms. The lowest BCUT2D eigenvalue weighted by molar-refractivity contribution is -0.883. The van der Waals surface area contributed by atoms with Crippen molar-refractivity contribution in [3.63, 3.8) is 0 Å². The molecule has 0 heterocycles. The number of thioether (sulfide) groups is 1. The number of hydrogen-bond donors (Lipinski definition) is 1. The summed E-state index contributed by atoms with van der Waals surface area (Å²) in [5.41, 5.74) is 1.85. The van der Waals surface area contributed by atoms with E-state index in [4.69, 9.17) is 6.42 Å². The standard InChI is InChI=1S/C23H26N2OS/c1-4-17-25(2,3)18-10-19-27-22-14-9-8-13-21(22)24-23(26)16-15-20-11-6-5-7-12-20/h1,5-9,11-16H,10,17-19H2,2-3H3/p+1/b16-15+. The van der Waals surface area contributed by atoms with Crippen LogP contribution >= 0.6 is 11.8 Å². The first-order valence-corrected chi connectivity index (χ1v) is 10.0. The van der Waals surface area contributed by atoms with E-state index < -0.39 is 0 Å². The molecule has 0 aliphatic rings. The number of benzene rings is 2. The zero-order valence-electron chi connectivity index (χ0n) is 16.0. The fourth-order valence-electron chi connectivity index (χ4n) is 2.61. The molecule has 0 atom stereocenters. The topological polar surface area (TPSA) is 29.1 Å². The molecule has 4 heteroatoms. The van der Waals surface area contributed by atoms with Gasteiger partial charge in [0.2, 0.25) is 5.91 Å². The molecule has 3 nitrogen and oxygen atoms in total. The Labute approximate surface area is 167 Å². The first-order valence-electron chi connectivity index (χ1n) is 9.01. The normalized spacial score (nSPS) is 11.3. The van der Waals surface area contributed by atoms with Crippen molar-refractivity contribution in [2.45, 2.75) is 11.3 Å². The number of carbonyl (C=O) groups is 1. The Morgan fingerprint density at radius 3 is 2.59 bits per heavy atom. The molecule has 0 saturated carbocycles. The molecule has 0 fully saturated rings. The minimum atomic E-state index is -0.126. The highest BCUT2D eigenvalue weighted by molar-refractivity contribution is 7.99. The minimum absolute atomic E-state index is 0.126. The summed E-state index contributed by atoms with van der Waals surface area (Å²) in [6, 6.07) is 17.7. The minimum Gasteiger partial charge on any atom is -0.321 e. The summed E-state index contributed by atoms with van der Waals surface area (Å²) in [6.45, 7) is 1.77. The van der Waals surface area contributed by atoms with E-state index in [2.05, 4.69) is 25.3 Å². The van der Waals surface area contributed by atoms with Crippen molar-refractivity contribution in [3.8, 4) is 12.3 Å². The molecular weight excluding hydrogens is 352 g/mol. The van der Waals surface area contributed by atoms with Crippen LogP contribution < -0.4 is 5.32 Å². The van der Waals surface area contributed by atoms with Crippen LogP contribution in [0.25, 0.3) is 6.08 Å². The third kappa shape index (κ3) is 7.74. The number of nitrogens with one attached hydrogen (secondary N) is 1. The fraction of sp³-hybridized carbons (Fsp3) is 0.261. The number of amides is 1. The smallest absolute Gasteiger partial charge is 0.248 e. The van der Waals surface area contributed by atoms with Crippen LogP contribution in [0, 0.1) is 12.3 Å². The third-order valence-corrected chi connectivity index (χ3v) is 5.22. The Morgan fingerprint density at radius 1 is 1.15 bits per heavy atom. The van der Waals surface area contributed by atoms with Gasteiger partial charge in [-0.05, 0) is 29.7 Å². The fourth-order valence-corrected chi connectivity index (χ4v) is 3.55. The summed E-state index contributed by atoms with van der Waals surface area (Å²) < 4.78 is 0.833. The van der Waals surface area contributed by atoms with Crippen molar-refractivity contribution >= 4 is 29.4 Å². The molecule has 0 bridgehead atoms. The van der Waals surface area contributed by atoms with Crippen LogP contribution in [0.5, 0.6) is 0 Å². The molecule has 1 N–H and O–H groups in total. The van der Waals surface area contributed by atoms with Gasteiger partial charge in [-0.25, -0.2) is 0 Å². The first kappa shape index (κ1) is 20.8. The molecule has 0 saturated heterocycles. The van der Waals surface area contributed by atoms with Crippen molar-refractivity contribution in [1.82, 2.24) is 0 Å². The van der Waals surface area contributed by atoms with Crippen molar-refractivity contribution in [2.75, 3.05) is 38.3 Å². The number of anilines is 1. The van der Waals surface area contributed by atoms with Gasteiger partial charge in [0.05, 0.1) is 26.3 Å². The lowest BCUT2D eigenvalue weighted by Crippen LogP contribution is -2.40. The van der Waals surface area contributed by atoms with Gasteiger partial charge >= 0.3 is 0 Å². The Hall–Kier alpha value is -2.48. The van der Waals surface area contributed by atoms with Crippen LogP contribution in [0.2, 0.25) is 0 Å². The Bertz CT molecular complexity index is 807. The highest BCUT2D eigenvalue weighted by Crippen LogP contribution is 2.27. The van der Waals surface area contributed by atoms with Gasteiger partial charge in [0.15, 0.2) is 0 Å². The highest BCUT2D eigenvalue weighted by Gasteiger charge is 2.12. The van der Waals surface area contributed by atoms with E-state index in [-0.39, 0.29) is 5.91 Å². The number of nitrogens with zero attached hydrogens (tertiary/aromatic N) is 1. The zero-order valence-corrected chi connectivity index (χ0v) is 16.8. The number of para-hydroxylation sites is 1. The van der Waals surface area contributed by atoms with E-state index in [1.165, 1.54) is 0 Å². The molecular formula is C23H27N2OS+. The SMILES string of the molecule is C#CC[N+](C)(C)CCCSc1ccccc1NC(=O)/C=C/c1ccccc1. The van der Waals surface area contributed by atoms with Gasteiger partial charge in [-0.1, -0.05) is 42.5 Å². The van der Waals surface area contributed by atoms with Crippen LogP contribution in [-0.4, -0.2) is 43.3 Å². The van der Waals surface area contributed by atoms with E-state index in [1.54, 1.807) is 17.8 Å². The van der Waals surface area contributed by atoms with Crippen LogP contribution in [0.4, 0.5) is 5.69 Å². The number of quaternary nitrogens is 1. The highest BCUT2D eigenvalue weighted by atomic mass is 32.2. The largest absolute Gasteiger partial charge is 0.321 e. The van der Waals surface area contributed by atoms with Gasteiger partial charge in [0.25, 0.3) is 0 Å². The molecule has 2 aromatic carbocycles. The summed E-state index contributed by atoms with van der Waals surface area (Å²) in [6.07, 6.45) is 9.87. The average molecular weight is 380 g/mol. The molecule has 0 unspecified atom stereocenters. The van der Waals surface area contributed by atoms with Crippen molar-refractivity contribution in [3.05, 3.63) is 66.2 Å². The molecule has 2 aromatic rings. The number of hydrogen-bond acceptors (Lipinski definition) is 2. The number of rotatable bonds is 9. The quantitative estimate of drug-likeness (QED) is 0.228. The summed E-state index contributed by atoms with van der Waals surface area (Å²) in [4.78, 5) is 13.3. The van der Waals surface area contributed by atoms with E-state index in [1.807, 2.05) is 60.7 Å². The molecule has 0 aliphatic carbocycles. The van der Waals surface area contributed by atoms with Crippen LogP contribution in [0.3, 0.4) is 0 Å². The Morgan fingerprint density at radius 2 is 1.85 bits per heavy atom. The van der Waals surface area contributed by atoms with E-state index in [0.29, 0.717) is 0 Å². The van der Waals surface area contributed by atoms with Gasteiger partial charge in [-0.3, -0.25) is 4.79 Å². The number of terminal acetylenes is 1. The molecule has 0 spiro atoms. The molecule has 0 aliphatic heterocycles. The second-order valence-corrected chi connectivity index (χ2v) is 8.09.